The molecule has 96 valence electrons. The van der Waals surface area contributed by atoms with E-state index >= 15 is 0 Å². The molecule has 0 fully saturated rings. The molecular formula is C14H24N2O. The first kappa shape index (κ1) is 14.0. The molecule has 3 heteroatoms. The zero-order valence-electron chi connectivity index (χ0n) is 11.3. The normalized spacial score (nSPS) is 10.5. The Bertz CT molecular complexity index is 302. The van der Waals surface area contributed by atoms with Crippen molar-refractivity contribution in [2.45, 2.75) is 46.1 Å². The lowest BCUT2D eigenvalue weighted by Crippen LogP contribution is -2.08. The number of nitrogens with zero attached hydrogens (tertiary/aromatic N) is 1. The second kappa shape index (κ2) is 8.07. The molecule has 1 aromatic rings. The summed E-state index contributed by atoms with van der Waals surface area (Å²) in [5.74, 6) is 0.773. The van der Waals surface area contributed by atoms with Crippen molar-refractivity contribution in [3.8, 4) is 5.88 Å². The number of ether oxygens (including phenoxy) is 1. The van der Waals surface area contributed by atoms with Crippen LogP contribution < -0.4 is 10.1 Å². The number of hydrogen-bond donors (Lipinski definition) is 1. The van der Waals surface area contributed by atoms with E-state index in [0.29, 0.717) is 0 Å². The second-order valence-corrected chi connectivity index (χ2v) is 4.29. The van der Waals surface area contributed by atoms with Crippen LogP contribution >= 0.6 is 0 Å². The third kappa shape index (κ3) is 5.18. The van der Waals surface area contributed by atoms with Crippen molar-refractivity contribution in [3.05, 3.63) is 23.4 Å². The number of aryl methyl sites for hydroxylation is 1. The quantitative estimate of drug-likeness (QED) is 0.705. The highest BCUT2D eigenvalue weighted by molar-refractivity contribution is 5.25. The second-order valence-electron chi connectivity index (χ2n) is 4.29. The summed E-state index contributed by atoms with van der Waals surface area (Å²) in [4.78, 5) is 4.53. The van der Waals surface area contributed by atoms with E-state index in [0.717, 1.165) is 50.4 Å². The number of rotatable bonds is 8. The van der Waals surface area contributed by atoms with Crippen LogP contribution in [0.1, 0.15) is 44.4 Å². The fourth-order valence-corrected chi connectivity index (χ4v) is 1.71. The van der Waals surface area contributed by atoms with Gasteiger partial charge in [-0.1, -0.05) is 26.7 Å². The molecule has 1 rings (SSSR count). The van der Waals surface area contributed by atoms with Crippen LogP contribution in [0.15, 0.2) is 12.1 Å². The lowest BCUT2D eigenvalue weighted by Gasteiger charge is -2.09. The summed E-state index contributed by atoms with van der Waals surface area (Å²) in [6, 6.07) is 4.19. The molecule has 1 heterocycles. The molecule has 0 radical (unpaired) electrons. The summed E-state index contributed by atoms with van der Waals surface area (Å²) in [6.07, 6.45) is 4.37. The molecule has 1 N–H and O–H groups in total. The average molecular weight is 236 g/mol. The minimum atomic E-state index is 0.762. The number of hydrogen-bond acceptors (Lipinski definition) is 3. The standard InChI is InChI=1S/C14H24N2O/c1-4-6-8-17-14-10-12(11-15-3)9-13(16-14)7-5-2/h9-10,15H,4-8,11H2,1-3H3. The van der Waals surface area contributed by atoms with Gasteiger partial charge >= 0.3 is 0 Å². The van der Waals surface area contributed by atoms with E-state index in [9.17, 15) is 0 Å². The SMILES string of the molecule is CCCCOc1cc(CNC)cc(CCC)n1. The van der Waals surface area contributed by atoms with Crippen LogP contribution in [0, 0.1) is 0 Å². The monoisotopic (exact) mass is 236 g/mol. The lowest BCUT2D eigenvalue weighted by molar-refractivity contribution is 0.296. The van der Waals surface area contributed by atoms with Crippen molar-refractivity contribution < 1.29 is 4.74 Å². The van der Waals surface area contributed by atoms with Crippen molar-refractivity contribution in [1.29, 1.82) is 0 Å². The molecule has 0 atom stereocenters. The Morgan fingerprint density at radius 2 is 2.06 bits per heavy atom. The first-order valence-corrected chi connectivity index (χ1v) is 6.57. The lowest BCUT2D eigenvalue weighted by atomic mass is 10.1. The van der Waals surface area contributed by atoms with Crippen LogP contribution in [0.5, 0.6) is 5.88 Å². The van der Waals surface area contributed by atoms with Gasteiger partial charge in [0.05, 0.1) is 6.61 Å². The molecule has 0 bridgehead atoms. The van der Waals surface area contributed by atoms with Gasteiger partial charge in [0.1, 0.15) is 0 Å². The van der Waals surface area contributed by atoms with Gasteiger partial charge in [-0.25, -0.2) is 4.98 Å². The summed E-state index contributed by atoms with van der Waals surface area (Å²) in [6.45, 7) is 5.96. The van der Waals surface area contributed by atoms with Crippen molar-refractivity contribution >= 4 is 0 Å². The summed E-state index contributed by atoms with van der Waals surface area (Å²) in [5, 5.41) is 3.16. The molecule has 1 aromatic heterocycles. The summed E-state index contributed by atoms with van der Waals surface area (Å²) in [5.41, 5.74) is 2.38. The molecule has 3 nitrogen and oxygen atoms in total. The van der Waals surface area contributed by atoms with Gasteiger partial charge in [-0.3, -0.25) is 0 Å². The predicted molar refractivity (Wildman–Crippen MR) is 71.4 cm³/mol. The number of aromatic nitrogens is 1. The average Bonchev–Trinajstić information content (AvgIpc) is 2.30. The third-order valence-corrected chi connectivity index (χ3v) is 2.55. The van der Waals surface area contributed by atoms with E-state index in [2.05, 4.69) is 30.2 Å². The maximum absolute atomic E-state index is 5.68. The van der Waals surface area contributed by atoms with Crippen LogP contribution in [-0.2, 0) is 13.0 Å². The van der Waals surface area contributed by atoms with Gasteiger partial charge in [-0.15, -0.1) is 0 Å². The van der Waals surface area contributed by atoms with Crippen molar-refractivity contribution in [3.63, 3.8) is 0 Å². The molecule has 0 aliphatic heterocycles. The van der Waals surface area contributed by atoms with Crippen LogP contribution in [0.2, 0.25) is 0 Å². The maximum atomic E-state index is 5.68. The van der Waals surface area contributed by atoms with Gasteiger partial charge in [-0.05, 0) is 31.5 Å². The van der Waals surface area contributed by atoms with Gasteiger partial charge in [0.15, 0.2) is 0 Å². The molecule has 0 aromatic carbocycles. The zero-order valence-corrected chi connectivity index (χ0v) is 11.3. The van der Waals surface area contributed by atoms with Gasteiger partial charge < -0.3 is 10.1 Å². The highest BCUT2D eigenvalue weighted by atomic mass is 16.5. The number of unbranched alkanes of at least 4 members (excludes halogenated alkanes) is 1. The molecule has 0 amide bonds. The Hall–Kier alpha value is -1.09. The molecule has 0 saturated carbocycles. The van der Waals surface area contributed by atoms with Crippen LogP contribution in [0.25, 0.3) is 0 Å². The topological polar surface area (TPSA) is 34.1 Å². The Labute approximate surface area is 105 Å². The molecule has 0 aliphatic rings. The molecule has 0 saturated heterocycles. The fraction of sp³-hybridized carbons (Fsp3) is 0.643. The zero-order chi connectivity index (χ0) is 12.5. The number of nitrogens with one attached hydrogen (secondary N) is 1. The molecule has 0 aliphatic carbocycles. The van der Waals surface area contributed by atoms with E-state index in [1.54, 1.807) is 0 Å². The summed E-state index contributed by atoms with van der Waals surface area (Å²) in [7, 11) is 1.96. The van der Waals surface area contributed by atoms with Gasteiger partial charge in [-0.2, -0.15) is 0 Å². The van der Waals surface area contributed by atoms with Gasteiger partial charge in [0, 0.05) is 18.3 Å². The van der Waals surface area contributed by atoms with E-state index < -0.39 is 0 Å². The van der Waals surface area contributed by atoms with Crippen molar-refractivity contribution in [1.82, 2.24) is 10.3 Å². The minimum Gasteiger partial charge on any atom is -0.478 e. The first-order valence-electron chi connectivity index (χ1n) is 6.57. The van der Waals surface area contributed by atoms with Crippen molar-refractivity contribution in [2.75, 3.05) is 13.7 Å². The fourth-order valence-electron chi connectivity index (χ4n) is 1.71. The predicted octanol–water partition coefficient (Wildman–Crippen LogP) is 2.93. The highest BCUT2D eigenvalue weighted by Crippen LogP contribution is 2.14. The van der Waals surface area contributed by atoms with Crippen molar-refractivity contribution in [2.24, 2.45) is 0 Å². The maximum Gasteiger partial charge on any atom is 0.213 e. The Kier molecular flexibility index (Phi) is 6.63. The third-order valence-electron chi connectivity index (χ3n) is 2.55. The number of pyridine rings is 1. The smallest absolute Gasteiger partial charge is 0.213 e. The van der Waals surface area contributed by atoms with E-state index in [1.165, 1.54) is 5.56 Å². The molecule has 17 heavy (non-hydrogen) atoms. The van der Waals surface area contributed by atoms with E-state index in [1.807, 2.05) is 13.1 Å². The molecule has 0 spiro atoms. The summed E-state index contributed by atoms with van der Waals surface area (Å²) >= 11 is 0. The van der Waals surface area contributed by atoms with Gasteiger partial charge in [0.2, 0.25) is 5.88 Å². The molecular weight excluding hydrogens is 212 g/mol. The Morgan fingerprint density at radius 3 is 2.71 bits per heavy atom. The van der Waals surface area contributed by atoms with E-state index in [4.69, 9.17) is 4.74 Å². The Balaban J connectivity index is 2.72. The van der Waals surface area contributed by atoms with Crippen LogP contribution in [0.3, 0.4) is 0 Å². The first-order chi connectivity index (χ1) is 8.30. The highest BCUT2D eigenvalue weighted by Gasteiger charge is 2.03. The summed E-state index contributed by atoms with van der Waals surface area (Å²) < 4.78 is 5.68. The van der Waals surface area contributed by atoms with E-state index in [-0.39, 0.29) is 0 Å². The minimum absolute atomic E-state index is 0.762. The van der Waals surface area contributed by atoms with Crippen LogP contribution in [0.4, 0.5) is 0 Å². The van der Waals surface area contributed by atoms with Crippen LogP contribution in [-0.4, -0.2) is 18.6 Å². The molecule has 0 unspecified atom stereocenters. The largest absolute Gasteiger partial charge is 0.478 e. The Morgan fingerprint density at radius 1 is 1.24 bits per heavy atom. The van der Waals surface area contributed by atoms with Gasteiger partial charge in [0.25, 0.3) is 0 Å².